The minimum absolute atomic E-state index is 0.234. The maximum atomic E-state index is 12.0. The van der Waals surface area contributed by atoms with E-state index >= 15 is 0 Å². The van der Waals surface area contributed by atoms with E-state index in [-0.39, 0.29) is 6.09 Å². The van der Waals surface area contributed by atoms with Crippen molar-refractivity contribution in [3.63, 3.8) is 0 Å². The summed E-state index contributed by atoms with van der Waals surface area (Å²) < 4.78 is 11.0. The van der Waals surface area contributed by atoms with Gasteiger partial charge in [-0.15, -0.1) is 0 Å². The second-order valence-electron chi connectivity index (χ2n) is 7.01. The molecule has 1 amide bonds. The first-order valence-corrected chi connectivity index (χ1v) is 8.56. The Morgan fingerprint density at radius 1 is 1.28 bits per heavy atom. The molecule has 136 valence electrons. The second-order valence-corrected chi connectivity index (χ2v) is 7.01. The van der Waals surface area contributed by atoms with Gasteiger partial charge in [-0.25, -0.2) is 9.78 Å². The van der Waals surface area contributed by atoms with Crippen LogP contribution in [-0.2, 0) is 4.74 Å². The molecule has 0 N–H and O–H groups in total. The van der Waals surface area contributed by atoms with Gasteiger partial charge < -0.3 is 14.4 Å². The summed E-state index contributed by atoms with van der Waals surface area (Å²) in [4.78, 5) is 20.2. The number of ether oxygens (including phenoxy) is 2. The van der Waals surface area contributed by atoms with Crippen molar-refractivity contribution in [1.82, 2.24) is 14.8 Å². The van der Waals surface area contributed by atoms with Gasteiger partial charge in [0.15, 0.2) is 0 Å². The molecule has 0 atom stereocenters. The van der Waals surface area contributed by atoms with Crippen molar-refractivity contribution in [2.75, 3.05) is 39.3 Å². The first-order valence-electron chi connectivity index (χ1n) is 8.56. The molecule has 2 heterocycles. The Morgan fingerprint density at radius 3 is 2.56 bits per heavy atom. The SMILES string of the molecule is CC(C)(C)OC(=O)N1CCN(CCCOc2ccc(C#N)cn2)CC1. The molecule has 0 spiro atoms. The lowest BCUT2D eigenvalue weighted by molar-refractivity contribution is 0.0142. The normalized spacial score (nSPS) is 15.5. The summed E-state index contributed by atoms with van der Waals surface area (Å²) >= 11 is 0. The van der Waals surface area contributed by atoms with E-state index in [1.165, 1.54) is 6.20 Å². The van der Waals surface area contributed by atoms with Crippen molar-refractivity contribution >= 4 is 6.09 Å². The van der Waals surface area contributed by atoms with Crippen molar-refractivity contribution in [3.05, 3.63) is 23.9 Å². The summed E-state index contributed by atoms with van der Waals surface area (Å²) in [5.74, 6) is 0.536. The lowest BCUT2D eigenvalue weighted by Gasteiger charge is -2.35. The molecule has 7 nitrogen and oxygen atoms in total. The van der Waals surface area contributed by atoms with E-state index in [4.69, 9.17) is 14.7 Å². The van der Waals surface area contributed by atoms with Crippen molar-refractivity contribution in [2.45, 2.75) is 32.8 Å². The minimum atomic E-state index is -0.453. The average Bonchev–Trinajstić information content (AvgIpc) is 2.58. The number of rotatable bonds is 5. The van der Waals surface area contributed by atoms with Gasteiger partial charge >= 0.3 is 6.09 Å². The minimum Gasteiger partial charge on any atom is -0.478 e. The van der Waals surface area contributed by atoms with Gasteiger partial charge in [-0.05, 0) is 33.3 Å². The molecule has 0 unspecified atom stereocenters. The van der Waals surface area contributed by atoms with E-state index in [2.05, 4.69) is 9.88 Å². The van der Waals surface area contributed by atoms with Crippen LogP contribution in [0.5, 0.6) is 5.88 Å². The summed E-state index contributed by atoms with van der Waals surface area (Å²) in [5.41, 5.74) is 0.0700. The number of piperazine rings is 1. The molecule has 1 saturated heterocycles. The molecule has 25 heavy (non-hydrogen) atoms. The molecule has 7 heteroatoms. The predicted molar refractivity (Wildman–Crippen MR) is 93.3 cm³/mol. The zero-order valence-corrected chi connectivity index (χ0v) is 15.2. The summed E-state index contributed by atoms with van der Waals surface area (Å²) in [6.07, 6.45) is 2.15. The van der Waals surface area contributed by atoms with Crippen molar-refractivity contribution in [1.29, 1.82) is 5.26 Å². The summed E-state index contributed by atoms with van der Waals surface area (Å²) in [6, 6.07) is 5.43. The topological polar surface area (TPSA) is 78.7 Å². The first kappa shape index (κ1) is 19.0. The van der Waals surface area contributed by atoms with Crippen LogP contribution in [0.15, 0.2) is 18.3 Å². The molecule has 1 aromatic rings. The van der Waals surface area contributed by atoms with Gasteiger partial charge in [0.2, 0.25) is 5.88 Å². The van der Waals surface area contributed by atoms with Crippen molar-refractivity contribution in [3.8, 4) is 11.9 Å². The van der Waals surface area contributed by atoms with E-state index < -0.39 is 5.60 Å². The summed E-state index contributed by atoms with van der Waals surface area (Å²) in [7, 11) is 0. The number of aromatic nitrogens is 1. The van der Waals surface area contributed by atoms with Crippen LogP contribution in [0.2, 0.25) is 0 Å². The van der Waals surface area contributed by atoms with Crippen molar-refractivity contribution < 1.29 is 14.3 Å². The quantitative estimate of drug-likeness (QED) is 0.761. The van der Waals surface area contributed by atoms with Crippen LogP contribution in [0, 0.1) is 11.3 Å². The fourth-order valence-electron chi connectivity index (χ4n) is 2.48. The third kappa shape index (κ3) is 6.59. The smallest absolute Gasteiger partial charge is 0.410 e. The highest BCUT2D eigenvalue weighted by Crippen LogP contribution is 2.12. The Bertz CT molecular complexity index is 596. The molecule has 2 rings (SSSR count). The number of carbonyl (C=O) groups is 1. The number of hydrogen-bond acceptors (Lipinski definition) is 6. The van der Waals surface area contributed by atoms with Crippen LogP contribution in [0.3, 0.4) is 0 Å². The highest BCUT2D eigenvalue weighted by atomic mass is 16.6. The number of carbonyl (C=O) groups excluding carboxylic acids is 1. The highest BCUT2D eigenvalue weighted by Gasteiger charge is 2.25. The molecule has 1 aliphatic heterocycles. The van der Waals surface area contributed by atoms with Gasteiger partial charge in [-0.2, -0.15) is 5.26 Å². The maximum Gasteiger partial charge on any atom is 0.410 e. The Hall–Kier alpha value is -2.33. The van der Waals surface area contributed by atoms with Gasteiger partial charge in [0.25, 0.3) is 0 Å². The molecule has 0 aromatic carbocycles. The number of nitrogens with zero attached hydrogens (tertiary/aromatic N) is 4. The monoisotopic (exact) mass is 346 g/mol. The average molecular weight is 346 g/mol. The van der Waals surface area contributed by atoms with Crippen LogP contribution < -0.4 is 4.74 Å². The zero-order chi connectivity index (χ0) is 18.3. The van der Waals surface area contributed by atoms with Crippen LogP contribution in [0.4, 0.5) is 4.79 Å². The van der Waals surface area contributed by atoms with Crippen LogP contribution >= 0.6 is 0 Å². The summed E-state index contributed by atoms with van der Waals surface area (Å²) in [5, 5.41) is 8.73. The number of pyridine rings is 1. The fraction of sp³-hybridized carbons (Fsp3) is 0.611. The molecule has 1 fully saturated rings. The third-order valence-corrected chi connectivity index (χ3v) is 3.76. The second kappa shape index (κ2) is 8.67. The molecule has 0 bridgehead atoms. The summed E-state index contributed by atoms with van der Waals surface area (Å²) in [6.45, 7) is 10.2. The third-order valence-electron chi connectivity index (χ3n) is 3.76. The van der Waals surface area contributed by atoms with Crippen molar-refractivity contribution in [2.24, 2.45) is 0 Å². The largest absolute Gasteiger partial charge is 0.478 e. The van der Waals surface area contributed by atoms with Gasteiger partial charge in [0.05, 0.1) is 12.2 Å². The van der Waals surface area contributed by atoms with Gasteiger partial charge in [0, 0.05) is 45.0 Å². The van der Waals surface area contributed by atoms with E-state index in [1.54, 1.807) is 17.0 Å². The highest BCUT2D eigenvalue weighted by molar-refractivity contribution is 5.68. The van der Waals surface area contributed by atoms with E-state index in [0.717, 1.165) is 26.1 Å². The molecular weight excluding hydrogens is 320 g/mol. The molecule has 0 aliphatic carbocycles. The number of nitriles is 1. The molecule has 0 saturated carbocycles. The molecule has 0 radical (unpaired) electrons. The lowest BCUT2D eigenvalue weighted by atomic mass is 10.2. The Kier molecular flexibility index (Phi) is 6.59. The number of amides is 1. The Labute approximate surface area is 149 Å². The van der Waals surface area contributed by atoms with Gasteiger partial charge in [-0.1, -0.05) is 0 Å². The fourth-order valence-corrected chi connectivity index (χ4v) is 2.48. The maximum absolute atomic E-state index is 12.0. The molecule has 1 aromatic heterocycles. The lowest BCUT2D eigenvalue weighted by Crippen LogP contribution is -2.50. The van der Waals surface area contributed by atoms with Crippen LogP contribution in [0.1, 0.15) is 32.8 Å². The Balaban J connectivity index is 1.62. The van der Waals surface area contributed by atoms with E-state index in [1.807, 2.05) is 26.8 Å². The van der Waals surface area contributed by atoms with Gasteiger partial charge in [-0.3, -0.25) is 4.90 Å². The van der Waals surface area contributed by atoms with E-state index in [0.29, 0.717) is 31.1 Å². The van der Waals surface area contributed by atoms with Crippen LogP contribution in [-0.4, -0.2) is 65.8 Å². The van der Waals surface area contributed by atoms with Gasteiger partial charge in [0.1, 0.15) is 11.7 Å². The first-order chi connectivity index (χ1) is 11.9. The predicted octanol–water partition coefficient (Wildman–Crippen LogP) is 2.27. The van der Waals surface area contributed by atoms with Crippen LogP contribution in [0.25, 0.3) is 0 Å². The number of hydrogen-bond donors (Lipinski definition) is 0. The standard InChI is InChI=1S/C18H26N4O3/c1-18(2,3)25-17(23)22-10-8-21(9-11-22)7-4-12-24-16-6-5-15(13-19)14-20-16/h5-6,14H,4,7-12H2,1-3H3. The molecule has 1 aliphatic rings. The molecular formula is C18H26N4O3. The Morgan fingerprint density at radius 2 is 2.00 bits per heavy atom. The zero-order valence-electron chi connectivity index (χ0n) is 15.2. The van der Waals surface area contributed by atoms with E-state index in [9.17, 15) is 4.79 Å².